The Labute approximate surface area is 172 Å². The Morgan fingerprint density at radius 1 is 0.966 bits per heavy atom. The van der Waals surface area contributed by atoms with Crippen molar-refractivity contribution in [2.24, 2.45) is 0 Å². The third-order valence-electron chi connectivity index (χ3n) is 6.44. The van der Waals surface area contributed by atoms with Crippen molar-refractivity contribution < 1.29 is 14.3 Å². The van der Waals surface area contributed by atoms with E-state index in [4.69, 9.17) is 9.47 Å². The van der Waals surface area contributed by atoms with E-state index in [1.807, 2.05) is 11.0 Å². The normalized spacial score (nSPS) is 20.9. The van der Waals surface area contributed by atoms with E-state index in [-0.39, 0.29) is 0 Å². The lowest BCUT2D eigenvalue weighted by Gasteiger charge is -2.37. The summed E-state index contributed by atoms with van der Waals surface area (Å²) in [4.78, 5) is 17.4. The summed E-state index contributed by atoms with van der Waals surface area (Å²) >= 11 is 0. The van der Waals surface area contributed by atoms with E-state index in [9.17, 15) is 4.79 Å². The molecular formula is C24H28N2O3. The molecule has 0 spiro atoms. The molecule has 1 fully saturated rings. The van der Waals surface area contributed by atoms with E-state index in [2.05, 4.69) is 41.3 Å². The summed E-state index contributed by atoms with van der Waals surface area (Å²) in [5, 5.41) is 0. The monoisotopic (exact) mass is 392 g/mol. The average molecular weight is 392 g/mol. The van der Waals surface area contributed by atoms with E-state index in [1.165, 1.54) is 17.5 Å². The minimum Gasteiger partial charge on any atom is -0.486 e. The number of nitrogens with zero attached hydrogens (tertiary/aromatic N) is 2. The van der Waals surface area contributed by atoms with Crippen LogP contribution in [0.2, 0.25) is 0 Å². The molecule has 0 radical (unpaired) electrons. The van der Waals surface area contributed by atoms with Gasteiger partial charge >= 0.3 is 0 Å². The van der Waals surface area contributed by atoms with Crippen LogP contribution in [0.4, 0.5) is 5.69 Å². The van der Waals surface area contributed by atoms with Gasteiger partial charge in [-0.25, -0.2) is 0 Å². The summed E-state index contributed by atoms with van der Waals surface area (Å²) in [6.45, 7) is 4.48. The summed E-state index contributed by atoms with van der Waals surface area (Å²) in [6.07, 6.45) is 4.10. The molecule has 5 rings (SSSR count). The first-order valence-electron chi connectivity index (χ1n) is 10.8. The van der Waals surface area contributed by atoms with Crippen molar-refractivity contribution in [2.75, 3.05) is 44.3 Å². The molecule has 2 aromatic carbocycles. The largest absolute Gasteiger partial charge is 0.486 e. The standard InChI is InChI=1S/C24H28N2O3/c27-24(16-19-6-3-5-18-4-1-2-7-21(18)19)26-12-10-25(11-13-26)20-8-9-22-23(17-20)29-15-14-28-22/h1-2,4,7-9,17,19H,3,5-6,10-16H2. The van der Waals surface area contributed by atoms with Gasteiger partial charge in [0.05, 0.1) is 0 Å². The van der Waals surface area contributed by atoms with Crippen LogP contribution in [0.5, 0.6) is 11.5 Å². The van der Waals surface area contributed by atoms with Gasteiger partial charge in [0.1, 0.15) is 13.2 Å². The molecule has 5 heteroatoms. The number of carbonyl (C=O) groups is 1. The topological polar surface area (TPSA) is 42.0 Å². The number of ether oxygens (including phenoxy) is 2. The molecule has 1 atom stereocenters. The molecule has 5 nitrogen and oxygen atoms in total. The zero-order valence-electron chi connectivity index (χ0n) is 16.8. The molecular weight excluding hydrogens is 364 g/mol. The van der Waals surface area contributed by atoms with E-state index in [0.29, 0.717) is 31.5 Å². The van der Waals surface area contributed by atoms with Gasteiger partial charge in [-0.1, -0.05) is 24.3 Å². The lowest BCUT2D eigenvalue weighted by Crippen LogP contribution is -2.49. The molecule has 2 heterocycles. The van der Waals surface area contributed by atoms with Crippen molar-refractivity contribution in [3.63, 3.8) is 0 Å². The predicted molar refractivity (Wildman–Crippen MR) is 113 cm³/mol. The van der Waals surface area contributed by atoms with Crippen molar-refractivity contribution in [1.29, 1.82) is 0 Å². The van der Waals surface area contributed by atoms with Crippen molar-refractivity contribution in [3.8, 4) is 11.5 Å². The van der Waals surface area contributed by atoms with Crippen LogP contribution in [-0.2, 0) is 11.2 Å². The lowest BCUT2D eigenvalue weighted by molar-refractivity contribution is -0.132. The number of hydrogen-bond acceptors (Lipinski definition) is 4. The molecule has 0 bridgehead atoms. The van der Waals surface area contributed by atoms with Crippen LogP contribution in [0.25, 0.3) is 0 Å². The second-order valence-electron chi connectivity index (χ2n) is 8.19. The minimum absolute atomic E-state index is 0.300. The maximum atomic E-state index is 13.0. The highest BCUT2D eigenvalue weighted by molar-refractivity contribution is 5.77. The van der Waals surface area contributed by atoms with Crippen LogP contribution in [0.3, 0.4) is 0 Å². The van der Waals surface area contributed by atoms with Gasteiger partial charge in [0.25, 0.3) is 0 Å². The summed E-state index contributed by atoms with van der Waals surface area (Å²) in [5.74, 6) is 2.32. The zero-order valence-corrected chi connectivity index (χ0v) is 16.8. The Balaban J connectivity index is 1.19. The van der Waals surface area contributed by atoms with Crippen LogP contribution in [0.15, 0.2) is 42.5 Å². The smallest absolute Gasteiger partial charge is 0.223 e. The molecule has 0 saturated carbocycles. The summed E-state index contributed by atoms with van der Waals surface area (Å²) in [5.41, 5.74) is 3.96. The Hall–Kier alpha value is -2.69. The number of amides is 1. The first kappa shape index (κ1) is 18.3. The number of hydrogen-bond donors (Lipinski definition) is 0. The van der Waals surface area contributed by atoms with E-state index in [0.717, 1.165) is 56.2 Å². The first-order chi connectivity index (χ1) is 14.3. The fourth-order valence-electron chi connectivity index (χ4n) is 4.85. The number of aryl methyl sites for hydroxylation is 1. The third-order valence-corrected chi connectivity index (χ3v) is 6.44. The van der Waals surface area contributed by atoms with Crippen LogP contribution in [-0.4, -0.2) is 50.2 Å². The van der Waals surface area contributed by atoms with E-state index < -0.39 is 0 Å². The quantitative estimate of drug-likeness (QED) is 0.800. The van der Waals surface area contributed by atoms with Gasteiger partial charge in [0, 0.05) is 44.4 Å². The van der Waals surface area contributed by atoms with Crippen LogP contribution in [0.1, 0.15) is 36.3 Å². The van der Waals surface area contributed by atoms with Crippen LogP contribution >= 0.6 is 0 Å². The maximum Gasteiger partial charge on any atom is 0.223 e. The SMILES string of the molecule is O=C(CC1CCCc2ccccc21)N1CCN(c2ccc3c(c2)OCCO3)CC1. The number of rotatable bonds is 3. The second kappa shape index (κ2) is 7.97. The summed E-state index contributed by atoms with van der Waals surface area (Å²) < 4.78 is 11.3. The molecule has 0 N–H and O–H groups in total. The zero-order chi connectivity index (χ0) is 19.6. The molecule has 2 aromatic rings. The van der Waals surface area contributed by atoms with Crippen LogP contribution < -0.4 is 14.4 Å². The van der Waals surface area contributed by atoms with Crippen LogP contribution in [0, 0.1) is 0 Å². The number of anilines is 1. The van der Waals surface area contributed by atoms with Gasteiger partial charge in [-0.05, 0) is 48.4 Å². The second-order valence-corrected chi connectivity index (χ2v) is 8.19. The molecule has 152 valence electrons. The van der Waals surface area contributed by atoms with E-state index >= 15 is 0 Å². The summed E-state index contributed by atoms with van der Waals surface area (Å²) in [7, 11) is 0. The van der Waals surface area contributed by atoms with Crippen molar-refractivity contribution in [1.82, 2.24) is 4.90 Å². The molecule has 1 unspecified atom stereocenters. The van der Waals surface area contributed by atoms with Crippen molar-refractivity contribution >= 4 is 11.6 Å². The average Bonchev–Trinajstić information content (AvgIpc) is 2.79. The number of fused-ring (bicyclic) bond motifs is 2. The van der Waals surface area contributed by atoms with Gasteiger partial charge < -0.3 is 19.3 Å². The third kappa shape index (κ3) is 3.78. The van der Waals surface area contributed by atoms with Crippen molar-refractivity contribution in [3.05, 3.63) is 53.6 Å². The maximum absolute atomic E-state index is 13.0. The Morgan fingerprint density at radius 3 is 2.62 bits per heavy atom. The molecule has 1 amide bonds. The van der Waals surface area contributed by atoms with Crippen molar-refractivity contribution in [2.45, 2.75) is 31.6 Å². The molecule has 2 aliphatic heterocycles. The van der Waals surface area contributed by atoms with Gasteiger partial charge in [-0.15, -0.1) is 0 Å². The first-order valence-corrected chi connectivity index (χ1v) is 10.8. The van der Waals surface area contributed by atoms with Gasteiger partial charge in [-0.3, -0.25) is 4.79 Å². The van der Waals surface area contributed by atoms with E-state index in [1.54, 1.807) is 0 Å². The summed E-state index contributed by atoms with van der Waals surface area (Å²) in [6, 6.07) is 14.8. The molecule has 0 aromatic heterocycles. The number of piperazine rings is 1. The number of benzene rings is 2. The molecule has 29 heavy (non-hydrogen) atoms. The predicted octanol–water partition coefficient (Wildman–Crippen LogP) is 3.62. The highest BCUT2D eigenvalue weighted by Crippen LogP contribution is 2.36. The Bertz CT molecular complexity index is 889. The van der Waals surface area contributed by atoms with Gasteiger partial charge in [-0.2, -0.15) is 0 Å². The molecule has 3 aliphatic rings. The van der Waals surface area contributed by atoms with Gasteiger partial charge in [0.2, 0.25) is 5.91 Å². The highest BCUT2D eigenvalue weighted by atomic mass is 16.6. The lowest BCUT2D eigenvalue weighted by atomic mass is 9.81. The molecule has 1 aliphatic carbocycles. The van der Waals surface area contributed by atoms with Gasteiger partial charge in [0.15, 0.2) is 11.5 Å². The highest BCUT2D eigenvalue weighted by Gasteiger charge is 2.27. The minimum atomic E-state index is 0.300. The Morgan fingerprint density at radius 2 is 1.76 bits per heavy atom. The fourth-order valence-corrected chi connectivity index (χ4v) is 4.85. The molecule has 1 saturated heterocycles. The fraction of sp³-hybridized carbons (Fsp3) is 0.458. The Kier molecular flexibility index (Phi) is 5.04. The number of carbonyl (C=O) groups excluding carboxylic acids is 1.